The van der Waals surface area contributed by atoms with Crippen LogP contribution in [0.3, 0.4) is 0 Å². The van der Waals surface area contributed by atoms with Crippen molar-refractivity contribution in [3.63, 3.8) is 0 Å². The Labute approximate surface area is 143 Å². The van der Waals surface area contributed by atoms with E-state index in [1.165, 1.54) is 0 Å². The average Bonchev–Trinajstić information content (AvgIpc) is 2.94. The van der Waals surface area contributed by atoms with Crippen molar-refractivity contribution in [3.05, 3.63) is 34.9 Å². The predicted octanol–water partition coefficient (Wildman–Crippen LogP) is 3.34. The number of carbonyl (C=O) groups excluding carboxylic acids is 2. The summed E-state index contributed by atoms with van der Waals surface area (Å²) in [7, 11) is 0. The Morgan fingerprint density at radius 1 is 1.26 bits per heavy atom. The zero-order valence-corrected chi connectivity index (χ0v) is 14.8. The SMILES string of the molecule is CCN1C[C@H](C(=O)NC(CC)(CC)c2ccc(Cl)cc2)CC1=O. The standard InChI is InChI=1S/C18H25ClN2O2/c1-4-18(5-2,14-7-9-15(19)10-8-14)20-17(23)13-11-16(22)21(6-3)12-13/h7-10,13H,4-6,11-12H2,1-3H3,(H,20,23)/t13-/m1/s1. The highest BCUT2D eigenvalue weighted by atomic mass is 35.5. The smallest absolute Gasteiger partial charge is 0.226 e. The molecule has 23 heavy (non-hydrogen) atoms. The molecule has 0 radical (unpaired) electrons. The first-order chi connectivity index (χ1) is 11.0. The largest absolute Gasteiger partial charge is 0.346 e. The first-order valence-electron chi connectivity index (χ1n) is 8.31. The Kier molecular flexibility index (Phi) is 5.69. The van der Waals surface area contributed by atoms with E-state index < -0.39 is 5.54 Å². The maximum atomic E-state index is 12.7. The van der Waals surface area contributed by atoms with Crippen molar-refractivity contribution in [2.45, 2.75) is 45.6 Å². The van der Waals surface area contributed by atoms with Gasteiger partial charge < -0.3 is 10.2 Å². The van der Waals surface area contributed by atoms with E-state index in [9.17, 15) is 9.59 Å². The molecule has 1 aromatic carbocycles. The van der Waals surface area contributed by atoms with E-state index >= 15 is 0 Å². The molecule has 0 unspecified atom stereocenters. The van der Waals surface area contributed by atoms with Crippen LogP contribution < -0.4 is 5.32 Å². The number of hydrogen-bond donors (Lipinski definition) is 1. The lowest BCUT2D eigenvalue weighted by Gasteiger charge is -2.34. The average molecular weight is 337 g/mol. The second-order valence-electron chi connectivity index (χ2n) is 6.12. The topological polar surface area (TPSA) is 49.4 Å². The molecular weight excluding hydrogens is 312 g/mol. The number of halogens is 1. The summed E-state index contributed by atoms with van der Waals surface area (Å²) < 4.78 is 0. The number of hydrogen-bond acceptors (Lipinski definition) is 2. The van der Waals surface area contributed by atoms with E-state index in [0.717, 1.165) is 18.4 Å². The van der Waals surface area contributed by atoms with Crippen LogP contribution in [0.5, 0.6) is 0 Å². The minimum Gasteiger partial charge on any atom is -0.346 e. The summed E-state index contributed by atoms with van der Waals surface area (Å²) in [5.74, 6) is -0.224. The fourth-order valence-corrected chi connectivity index (χ4v) is 3.39. The normalized spacial score (nSPS) is 18.3. The molecular formula is C18H25ClN2O2. The Morgan fingerprint density at radius 3 is 2.35 bits per heavy atom. The summed E-state index contributed by atoms with van der Waals surface area (Å²) >= 11 is 5.98. The van der Waals surface area contributed by atoms with Gasteiger partial charge in [0.2, 0.25) is 11.8 Å². The summed E-state index contributed by atoms with van der Waals surface area (Å²) in [6, 6.07) is 7.63. The Morgan fingerprint density at radius 2 is 1.87 bits per heavy atom. The van der Waals surface area contributed by atoms with Crippen molar-refractivity contribution in [1.82, 2.24) is 10.2 Å². The number of carbonyl (C=O) groups is 2. The van der Waals surface area contributed by atoms with Crippen molar-refractivity contribution in [1.29, 1.82) is 0 Å². The molecule has 2 amide bonds. The van der Waals surface area contributed by atoms with Crippen molar-refractivity contribution in [2.24, 2.45) is 5.92 Å². The van der Waals surface area contributed by atoms with E-state index in [2.05, 4.69) is 19.2 Å². The van der Waals surface area contributed by atoms with Gasteiger partial charge in [0.05, 0.1) is 11.5 Å². The zero-order valence-electron chi connectivity index (χ0n) is 14.1. The molecule has 1 heterocycles. The van der Waals surface area contributed by atoms with Gasteiger partial charge >= 0.3 is 0 Å². The highest BCUT2D eigenvalue weighted by molar-refractivity contribution is 6.30. The van der Waals surface area contributed by atoms with Crippen LogP contribution in [0.15, 0.2) is 24.3 Å². The third-order valence-corrected chi connectivity index (χ3v) is 5.19. The first kappa shape index (κ1) is 17.8. The highest BCUT2D eigenvalue weighted by Crippen LogP contribution is 2.31. The van der Waals surface area contributed by atoms with Crippen molar-refractivity contribution >= 4 is 23.4 Å². The molecule has 5 heteroatoms. The van der Waals surface area contributed by atoms with Crippen molar-refractivity contribution in [2.75, 3.05) is 13.1 Å². The molecule has 1 fully saturated rings. The van der Waals surface area contributed by atoms with E-state index in [-0.39, 0.29) is 17.7 Å². The van der Waals surface area contributed by atoms with E-state index in [1.54, 1.807) is 4.90 Å². The number of likely N-dealkylation sites (tertiary alicyclic amines) is 1. The van der Waals surface area contributed by atoms with Gasteiger partial charge in [-0.05, 0) is 37.5 Å². The van der Waals surface area contributed by atoms with Crippen LogP contribution >= 0.6 is 11.6 Å². The number of amides is 2. The summed E-state index contributed by atoms with van der Waals surface area (Å²) in [4.78, 5) is 26.3. The minimum atomic E-state index is -0.412. The van der Waals surface area contributed by atoms with Crippen molar-refractivity contribution < 1.29 is 9.59 Å². The molecule has 1 aliphatic rings. The van der Waals surface area contributed by atoms with E-state index in [1.807, 2.05) is 31.2 Å². The third-order valence-electron chi connectivity index (χ3n) is 4.93. The van der Waals surface area contributed by atoms with Gasteiger partial charge in [0.1, 0.15) is 0 Å². The second kappa shape index (κ2) is 7.35. The molecule has 1 N–H and O–H groups in total. The lowest BCUT2D eigenvalue weighted by molar-refractivity contribution is -0.129. The molecule has 1 aromatic rings. The van der Waals surface area contributed by atoms with Gasteiger partial charge in [0, 0.05) is 24.5 Å². The lowest BCUT2D eigenvalue weighted by Crippen LogP contribution is -2.48. The van der Waals surface area contributed by atoms with E-state index in [0.29, 0.717) is 24.5 Å². The molecule has 1 aliphatic heterocycles. The van der Waals surface area contributed by atoms with E-state index in [4.69, 9.17) is 11.6 Å². The Bertz CT molecular complexity index is 567. The molecule has 2 rings (SSSR count). The quantitative estimate of drug-likeness (QED) is 0.866. The summed E-state index contributed by atoms with van der Waals surface area (Å²) in [5, 5.41) is 3.89. The molecule has 0 bridgehead atoms. The van der Waals surface area contributed by atoms with Crippen molar-refractivity contribution in [3.8, 4) is 0 Å². The molecule has 0 spiro atoms. The first-order valence-corrected chi connectivity index (χ1v) is 8.69. The number of nitrogens with one attached hydrogen (secondary N) is 1. The summed E-state index contributed by atoms with van der Waals surface area (Å²) in [5.41, 5.74) is 0.640. The van der Waals surface area contributed by atoms with Crippen LogP contribution in [0.1, 0.15) is 45.6 Å². The zero-order chi connectivity index (χ0) is 17.0. The molecule has 4 nitrogen and oxygen atoms in total. The molecule has 0 aliphatic carbocycles. The maximum absolute atomic E-state index is 12.7. The molecule has 0 aromatic heterocycles. The van der Waals surface area contributed by atoms with Crippen LogP contribution in [0, 0.1) is 5.92 Å². The maximum Gasteiger partial charge on any atom is 0.226 e. The number of benzene rings is 1. The Balaban J connectivity index is 2.17. The number of rotatable bonds is 6. The fourth-order valence-electron chi connectivity index (χ4n) is 3.27. The third kappa shape index (κ3) is 3.69. The monoisotopic (exact) mass is 336 g/mol. The van der Waals surface area contributed by atoms with Gasteiger partial charge in [0.15, 0.2) is 0 Å². The lowest BCUT2D eigenvalue weighted by atomic mass is 9.84. The van der Waals surface area contributed by atoms with Crippen LogP contribution in [0.4, 0.5) is 0 Å². The fraction of sp³-hybridized carbons (Fsp3) is 0.556. The molecule has 0 saturated carbocycles. The summed E-state index contributed by atoms with van der Waals surface area (Å²) in [6.45, 7) is 7.25. The highest BCUT2D eigenvalue weighted by Gasteiger charge is 2.37. The van der Waals surface area contributed by atoms with Gasteiger partial charge in [-0.25, -0.2) is 0 Å². The van der Waals surface area contributed by atoms with Gasteiger partial charge in [-0.15, -0.1) is 0 Å². The van der Waals surface area contributed by atoms with Crippen LogP contribution in [0.2, 0.25) is 5.02 Å². The Hall–Kier alpha value is -1.55. The second-order valence-corrected chi connectivity index (χ2v) is 6.56. The molecule has 1 saturated heterocycles. The van der Waals surface area contributed by atoms with Gasteiger partial charge in [-0.1, -0.05) is 37.6 Å². The van der Waals surface area contributed by atoms with Crippen LogP contribution in [-0.2, 0) is 15.1 Å². The van der Waals surface area contributed by atoms with Gasteiger partial charge in [0.25, 0.3) is 0 Å². The predicted molar refractivity (Wildman–Crippen MR) is 92.2 cm³/mol. The van der Waals surface area contributed by atoms with Gasteiger partial charge in [-0.2, -0.15) is 0 Å². The van der Waals surface area contributed by atoms with Crippen LogP contribution in [0.25, 0.3) is 0 Å². The number of nitrogens with zero attached hydrogens (tertiary/aromatic N) is 1. The molecule has 1 atom stereocenters. The minimum absolute atomic E-state index is 0.0343. The van der Waals surface area contributed by atoms with Gasteiger partial charge in [-0.3, -0.25) is 9.59 Å². The molecule has 126 valence electrons. The summed E-state index contributed by atoms with van der Waals surface area (Å²) in [6.07, 6.45) is 1.88. The van der Waals surface area contributed by atoms with Crippen LogP contribution in [-0.4, -0.2) is 29.8 Å².